The lowest BCUT2D eigenvalue weighted by Gasteiger charge is -2.22. The molecule has 0 aliphatic rings. The van der Waals surface area contributed by atoms with Crippen LogP contribution in [0.15, 0.2) is 12.2 Å². The molecule has 0 aromatic carbocycles. The molecule has 12 heteroatoms. The molecule has 28 heavy (non-hydrogen) atoms. The van der Waals surface area contributed by atoms with Gasteiger partial charge in [-0.25, -0.2) is 9.59 Å². The average molecular weight is 418 g/mol. The van der Waals surface area contributed by atoms with Crippen LogP contribution in [0.5, 0.6) is 0 Å². The molecule has 0 rings (SSSR count). The number of carboxylic acids is 1. The lowest BCUT2D eigenvalue weighted by Crippen LogP contribution is -2.56. The molecule has 11 nitrogen and oxygen atoms in total. The molecule has 0 aliphatic carbocycles. The summed E-state index contributed by atoms with van der Waals surface area (Å²) >= 11 is 1.45. The Morgan fingerprint density at radius 2 is 1.71 bits per heavy atom. The standard InChI is InChI=1S/C16H26N4O7S/c1-9(17)14(23)19-10(6-7-28-3)15(24)20-11(16(25)26)8-18-12(21)4-5-13(22)27-2/h4-5,9-11H,6-8,17H2,1-3H3,(H,18,21)(H,19,23)(H,20,24)(H,25,26)/b5-4+. The van der Waals surface area contributed by atoms with Crippen LogP contribution >= 0.6 is 11.8 Å². The van der Waals surface area contributed by atoms with E-state index >= 15 is 0 Å². The average Bonchev–Trinajstić information content (AvgIpc) is 2.65. The predicted molar refractivity (Wildman–Crippen MR) is 102 cm³/mol. The summed E-state index contributed by atoms with van der Waals surface area (Å²) in [5.41, 5.74) is 5.47. The first kappa shape index (κ1) is 25.4. The first-order valence-corrected chi connectivity index (χ1v) is 9.63. The fraction of sp³-hybridized carbons (Fsp3) is 0.562. The van der Waals surface area contributed by atoms with Crippen LogP contribution in [0.3, 0.4) is 0 Å². The maximum Gasteiger partial charge on any atom is 0.330 e. The molecule has 6 N–H and O–H groups in total. The lowest BCUT2D eigenvalue weighted by molar-refractivity contribution is -0.142. The van der Waals surface area contributed by atoms with Crippen molar-refractivity contribution >= 4 is 41.4 Å². The fourth-order valence-corrected chi connectivity index (χ4v) is 2.22. The number of carbonyl (C=O) groups excluding carboxylic acids is 4. The molecule has 0 aliphatic heterocycles. The van der Waals surface area contributed by atoms with E-state index in [9.17, 15) is 29.1 Å². The van der Waals surface area contributed by atoms with Gasteiger partial charge in [0.05, 0.1) is 13.2 Å². The summed E-state index contributed by atoms with van der Waals surface area (Å²) in [4.78, 5) is 58.0. The topological polar surface area (TPSA) is 177 Å². The fourth-order valence-electron chi connectivity index (χ4n) is 1.75. The van der Waals surface area contributed by atoms with E-state index in [4.69, 9.17) is 5.73 Å². The second kappa shape index (κ2) is 13.6. The van der Waals surface area contributed by atoms with Crippen LogP contribution in [0.4, 0.5) is 0 Å². The van der Waals surface area contributed by atoms with Gasteiger partial charge < -0.3 is 31.5 Å². The van der Waals surface area contributed by atoms with Crippen LogP contribution in [0.25, 0.3) is 0 Å². The molecular weight excluding hydrogens is 392 g/mol. The predicted octanol–water partition coefficient (Wildman–Crippen LogP) is -2.01. The smallest absolute Gasteiger partial charge is 0.330 e. The molecule has 3 atom stereocenters. The van der Waals surface area contributed by atoms with Crippen molar-refractivity contribution in [2.24, 2.45) is 5.73 Å². The number of rotatable bonds is 12. The summed E-state index contributed by atoms with van der Waals surface area (Å²) in [5.74, 6) is -3.59. The summed E-state index contributed by atoms with van der Waals surface area (Å²) in [5, 5.41) is 16.2. The number of hydrogen-bond acceptors (Lipinski definition) is 8. The van der Waals surface area contributed by atoms with Crippen LogP contribution in [0.2, 0.25) is 0 Å². The molecule has 3 amide bonds. The Balaban J connectivity index is 4.92. The molecule has 158 valence electrons. The zero-order valence-corrected chi connectivity index (χ0v) is 16.7. The van der Waals surface area contributed by atoms with Gasteiger partial charge in [0, 0.05) is 18.7 Å². The lowest BCUT2D eigenvalue weighted by atomic mass is 10.1. The number of nitrogens with two attached hydrogens (primary N) is 1. The number of aliphatic carboxylic acids is 1. The van der Waals surface area contributed by atoms with E-state index in [-0.39, 0.29) is 6.42 Å². The van der Waals surface area contributed by atoms with E-state index in [1.807, 2.05) is 6.26 Å². The highest BCUT2D eigenvalue weighted by Crippen LogP contribution is 2.02. The van der Waals surface area contributed by atoms with E-state index in [0.29, 0.717) is 5.75 Å². The van der Waals surface area contributed by atoms with Gasteiger partial charge in [-0.2, -0.15) is 11.8 Å². The Labute approximate surface area is 166 Å². The van der Waals surface area contributed by atoms with E-state index in [1.165, 1.54) is 18.7 Å². The number of nitrogens with one attached hydrogen (secondary N) is 3. The number of hydrogen-bond donors (Lipinski definition) is 5. The second-order valence-corrected chi connectivity index (χ2v) is 6.62. The number of ether oxygens (including phenoxy) is 1. The van der Waals surface area contributed by atoms with Crippen molar-refractivity contribution in [3.05, 3.63) is 12.2 Å². The second-order valence-electron chi connectivity index (χ2n) is 5.63. The van der Waals surface area contributed by atoms with Gasteiger partial charge in [0.15, 0.2) is 0 Å². The number of methoxy groups -OCH3 is 1. The van der Waals surface area contributed by atoms with Crippen LogP contribution in [-0.2, 0) is 28.7 Å². The van der Waals surface area contributed by atoms with E-state index in [0.717, 1.165) is 19.3 Å². The number of esters is 1. The Kier molecular flexibility index (Phi) is 12.3. The zero-order valence-electron chi connectivity index (χ0n) is 15.9. The van der Waals surface area contributed by atoms with E-state index in [1.54, 1.807) is 0 Å². The van der Waals surface area contributed by atoms with Gasteiger partial charge >= 0.3 is 11.9 Å². The van der Waals surface area contributed by atoms with Crippen LogP contribution < -0.4 is 21.7 Å². The summed E-state index contributed by atoms with van der Waals surface area (Å²) in [6, 6.07) is -3.24. The van der Waals surface area contributed by atoms with Gasteiger partial charge in [-0.3, -0.25) is 14.4 Å². The molecular formula is C16H26N4O7S. The minimum absolute atomic E-state index is 0.270. The number of carboxylic acid groups (broad SMARTS) is 1. The third-order valence-corrected chi connectivity index (χ3v) is 3.97. The van der Waals surface area contributed by atoms with Gasteiger partial charge in [0.25, 0.3) is 0 Å². The van der Waals surface area contributed by atoms with Gasteiger partial charge in [-0.05, 0) is 25.4 Å². The van der Waals surface area contributed by atoms with Gasteiger partial charge in [0.1, 0.15) is 12.1 Å². The first-order valence-electron chi connectivity index (χ1n) is 8.24. The van der Waals surface area contributed by atoms with Crippen LogP contribution in [0.1, 0.15) is 13.3 Å². The third kappa shape index (κ3) is 10.5. The Hall–Kier alpha value is -2.60. The van der Waals surface area contributed by atoms with Crippen molar-refractivity contribution in [1.29, 1.82) is 0 Å². The van der Waals surface area contributed by atoms with Crippen molar-refractivity contribution in [1.82, 2.24) is 16.0 Å². The summed E-state index contributed by atoms with van der Waals surface area (Å²) in [6.07, 6.45) is 3.83. The minimum atomic E-state index is -1.44. The minimum Gasteiger partial charge on any atom is -0.480 e. The van der Waals surface area contributed by atoms with Crippen molar-refractivity contribution in [3.8, 4) is 0 Å². The Morgan fingerprint density at radius 1 is 1.11 bits per heavy atom. The van der Waals surface area contributed by atoms with Crippen LogP contribution in [-0.4, -0.2) is 78.6 Å². The van der Waals surface area contributed by atoms with Crippen LogP contribution in [0, 0.1) is 0 Å². The number of amides is 3. The largest absolute Gasteiger partial charge is 0.480 e. The molecule has 0 radical (unpaired) electrons. The van der Waals surface area contributed by atoms with E-state index < -0.39 is 54.3 Å². The molecule has 0 aromatic rings. The molecule has 3 unspecified atom stereocenters. The summed E-state index contributed by atoms with van der Waals surface area (Å²) in [7, 11) is 1.14. The third-order valence-electron chi connectivity index (χ3n) is 3.32. The Bertz CT molecular complexity index is 610. The molecule has 0 aromatic heterocycles. The maximum absolute atomic E-state index is 12.4. The van der Waals surface area contributed by atoms with Crippen molar-refractivity contribution < 1.29 is 33.8 Å². The quantitative estimate of drug-likeness (QED) is 0.177. The molecule has 0 fully saturated rings. The van der Waals surface area contributed by atoms with Gasteiger partial charge in [-0.15, -0.1) is 0 Å². The summed E-state index contributed by atoms with van der Waals surface area (Å²) in [6.45, 7) is 1.03. The maximum atomic E-state index is 12.4. The highest BCUT2D eigenvalue weighted by molar-refractivity contribution is 7.98. The SMILES string of the molecule is COC(=O)/C=C/C(=O)NCC(NC(=O)C(CCSC)NC(=O)C(C)N)C(=O)O. The molecule has 0 saturated carbocycles. The van der Waals surface area contributed by atoms with Gasteiger partial charge in [0.2, 0.25) is 17.7 Å². The van der Waals surface area contributed by atoms with Crippen molar-refractivity contribution in [2.75, 3.05) is 25.7 Å². The molecule has 0 heterocycles. The summed E-state index contributed by atoms with van der Waals surface area (Å²) < 4.78 is 4.32. The van der Waals surface area contributed by atoms with Gasteiger partial charge in [-0.1, -0.05) is 0 Å². The molecule has 0 bridgehead atoms. The monoisotopic (exact) mass is 418 g/mol. The van der Waals surface area contributed by atoms with Crippen molar-refractivity contribution in [2.45, 2.75) is 31.5 Å². The molecule has 0 saturated heterocycles. The number of thioether (sulfide) groups is 1. The highest BCUT2D eigenvalue weighted by Gasteiger charge is 2.27. The molecule has 0 spiro atoms. The van der Waals surface area contributed by atoms with E-state index in [2.05, 4.69) is 20.7 Å². The first-order chi connectivity index (χ1) is 13.1. The highest BCUT2D eigenvalue weighted by atomic mass is 32.2. The zero-order chi connectivity index (χ0) is 21.7. The normalized spacial score (nSPS) is 13.9. The Morgan fingerprint density at radius 3 is 2.21 bits per heavy atom. The number of carbonyl (C=O) groups is 5. The van der Waals surface area contributed by atoms with Crippen molar-refractivity contribution in [3.63, 3.8) is 0 Å².